The van der Waals surface area contributed by atoms with Crippen LogP contribution in [0, 0.1) is 23.7 Å². The van der Waals surface area contributed by atoms with Gasteiger partial charge in [-0.05, 0) is 209 Å². The van der Waals surface area contributed by atoms with Crippen LogP contribution < -0.4 is 28.7 Å². The first-order valence-electron chi connectivity index (χ1n) is 33.1. The first kappa shape index (κ1) is 66.8. The summed E-state index contributed by atoms with van der Waals surface area (Å²) in [6, 6.07) is 23.1. The summed E-state index contributed by atoms with van der Waals surface area (Å²) in [5, 5.41) is 0.197. The summed E-state index contributed by atoms with van der Waals surface area (Å²) in [7, 11) is -0.676. The van der Waals surface area contributed by atoms with Crippen molar-refractivity contribution in [2.45, 2.75) is 175 Å². The zero-order chi connectivity index (χ0) is 63.6. The standard InChI is InChI=1S/2C35H47ClN2O6S/c2*1-4-28-9-5-6-17-35(43-3,23-42-2)30-13-10-26(30)20-38-21-34(16-7-8-24-18-27(36)12-14-29(24)34)22-44-32-15-11-25(19-31(32)38)33(39)37-45(28,40)41/h2*11-12,14-15,18-19,26,28,30H,4-10,13,16-17,20-23H2,1-3H3,(H,37,39)/t26-,28+,30+,34-,35+;26-,28+,30+,34-,35-/m00/s1. The van der Waals surface area contributed by atoms with Gasteiger partial charge in [0.05, 0.1) is 59.5 Å². The van der Waals surface area contributed by atoms with Gasteiger partial charge in [-0.3, -0.25) is 9.59 Å². The Morgan fingerprint density at radius 3 is 1.32 bits per heavy atom. The van der Waals surface area contributed by atoms with E-state index >= 15 is 0 Å². The number of hydrogen-bond acceptors (Lipinski definition) is 14. The molecule has 4 aromatic carbocycles. The van der Waals surface area contributed by atoms with Gasteiger partial charge in [-0.2, -0.15) is 0 Å². The van der Waals surface area contributed by atoms with Crippen molar-refractivity contribution >= 4 is 66.4 Å². The van der Waals surface area contributed by atoms with Gasteiger partial charge >= 0.3 is 0 Å². The number of rotatable bonds is 8. The van der Waals surface area contributed by atoms with E-state index in [4.69, 9.17) is 51.6 Å². The monoisotopic (exact) mass is 1320 g/mol. The smallest absolute Gasteiger partial charge is 0.264 e. The second-order valence-corrected chi connectivity index (χ2v) is 32.2. The second-order valence-electron chi connectivity index (χ2n) is 27.4. The highest BCUT2D eigenvalue weighted by Crippen LogP contribution is 2.52. The van der Waals surface area contributed by atoms with Crippen LogP contribution in [0.4, 0.5) is 11.4 Å². The number of carbonyl (C=O) groups excluding carboxylic acids is 2. The number of amides is 2. The number of aryl methyl sites for hydroxylation is 2. The van der Waals surface area contributed by atoms with Crippen LogP contribution >= 0.6 is 23.2 Å². The molecule has 0 radical (unpaired) electrons. The molecule has 2 N–H and O–H groups in total. The molecule has 2 spiro atoms. The fraction of sp³-hybridized carbons (Fsp3) is 0.629. The van der Waals surface area contributed by atoms with Gasteiger partial charge < -0.3 is 38.2 Å². The van der Waals surface area contributed by atoms with E-state index in [0.29, 0.717) is 98.4 Å². The van der Waals surface area contributed by atoms with Crippen molar-refractivity contribution in [3.63, 3.8) is 0 Å². The highest BCUT2D eigenvalue weighted by molar-refractivity contribution is 7.91. The molecule has 4 heterocycles. The summed E-state index contributed by atoms with van der Waals surface area (Å²) >= 11 is 12.9. The van der Waals surface area contributed by atoms with Gasteiger partial charge in [0.25, 0.3) is 11.8 Å². The lowest BCUT2D eigenvalue weighted by molar-refractivity contribution is -0.147. The molecule has 4 aliphatic carbocycles. The van der Waals surface area contributed by atoms with Crippen molar-refractivity contribution < 1.29 is 54.8 Å². The minimum Gasteiger partial charge on any atom is -0.490 e. The molecule has 20 heteroatoms. The van der Waals surface area contributed by atoms with Crippen LogP contribution in [0.1, 0.15) is 172 Å². The first-order chi connectivity index (χ1) is 43.3. The largest absolute Gasteiger partial charge is 0.490 e. The highest BCUT2D eigenvalue weighted by atomic mass is 35.5. The Kier molecular flexibility index (Phi) is 20.6. The van der Waals surface area contributed by atoms with Crippen LogP contribution in [0.3, 0.4) is 0 Å². The summed E-state index contributed by atoms with van der Waals surface area (Å²) in [4.78, 5) is 31.8. The van der Waals surface area contributed by atoms with E-state index in [-0.39, 0.29) is 10.8 Å². The lowest BCUT2D eigenvalue weighted by Crippen LogP contribution is -2.55. The molecule has 0 aromatic heterocycles. The van der Waals surface area contributed by atoms with Crippen LogP contribution in [0.15, 0.2) is 72.8 Å². The van der Waals surface area contributed by atoms with Crippen molar-refractivity contribution in [1.82, 2.24) is 9.44 Å². The third kappa shape index (κ3) is 13.4. The van der Waals surface area contributed by atoms with E-state index in [1.54, 1.807) is 40.6 Å². The normalized spacial score (nSPS) is 31.5. The second kappa shape index (κ2) is 27.7. The Bertz CT molecular complexity index is 3260. The number of methoxy groups -OCH3 is 4. The van der Waals surface area contributed by atoms with Crippen molar-refractivity contribution in [3.05, 3.63) is 116 Å². The van der Waals surface area contributed by atoms with Gasteiger partial charge in [0.2, 0.25) is 20.0 Å². The molecule has 2 fully saturated rings. The van der Waals surface area contributed by atoms with Gasteiger partial charge in [0.1, 0.15) is 11.5 Å². The summed E-state index contributed by atoms with van der Waals surface area (Å²) in [5.41, 5.74) is 6.02. The molecule has 2 saturated carbocycles. The van der Waals surface area contributed by atoms with E-state index < -0.39 is 53.6 Å². The number of fused-ring (bicyclic) bond motifs is 8. The summed E-state index contributed by atoms with van der Waals surface area (Å²) in [6.07, 6.45) is 16.8. The Balaban J connectivity index is 0.000000185. The number of benzene rings is 4. The summed E-state index contributed by atoms with van der Waals surface area (Å²) < 4.78 is 95.9. The Morgan fingerprint density at radius 1 is 0.533 bits per heavy atom. The van der Waals surface area contributed by atoms with E-state index in [1.807, 2.05) is 50.2 Å². The Labute approximate surface area is 544 Å². The molecule has 90 heavy (non-hydrogen) atoms. The van der Waals surface area contributed by atoms with E-state index in [1.165, 1.54) is 22.3 Å². The number of nitrogens with one attached hydrogen (secondary N) is 2. The third-order valence-electron chi connectivity index (χ3n) is 22.3. The van der Waals surface area contributed by atoms with E-state index in [2.05, 4.69) is 43.5 Å². The zero-order valence-corrected chi connectivity index (χ0v) is 56.7. The van der Waals surface area contributed by atoms with Crippen LogP contribution in [0.2, 0.25) is 10.0 Å². The number of carbonyl (C=O) groups is 2. The molecule has 492 valence electrons. The molecule has 16 nitrogen and oxygen atoms in total. The van der Waals surface area contributed by atoms with E-state index in [9.17, 15) is 26.4 Å². The van der Waals surface area contributed by atoms with Crippen molar-refractivity contribution in [1.29, 1.82) is 0 Å². The zero-order valence-electron chi connectivity index (χ0n) is 53.6. The molecule has 12 rings (SSSR count). The number of anilines is 2. The Hall–Kier alpha value is -4.66. The third-order valence-corrected chi connectivity index (χ3v) is 26.6. The van der Waals surface area contributed by atoms with Crippen molar-refractivity contribution in [2.24, 2.45) is 23.7 Å². The molecule has 8 aliphatic rings. The summed E-state index contributed by atoms with van der Waals surface area (Å²) in [6.45, 7) is 8.76. The van der Waals surface area contributed by atoms with Crippen LogP contribution in [0.25, 0.3) is 0 Å². The van der Waals surface area contributed by atoms with Gasteiger partial charge in [0, 0.05) is 86.6 Å². The topological polar surface area (TPSA) is 188 Å². The van der Waals surface area contributed by atoms with Gasteiger partial charge in [-0.25, -0.2) is 26.3 Å². The number of sulfonamides is 2. The molecule has 4 bridgehead atoms. The maximum Gasteiger partial charge on any atom is 0.264 e. The fourth-order valence-corrected chi connectivity index (χ4v) is 20.5. The van der Waals surface area contributed by atoms with Crippen LogP contribution in [0.5, 0.6) is 11.5 Å². The molecular formula is C70H94Cl2N4O12S2. The number of halogens is 2. The SMILES string of the molecule is CC[C@@H]1CCCC[C@@](COC)(OC)[C@@H]2CC[C@H]2CN2C[C@@]3(CCCc4cc(Cl)ccc43)COc3ccc(cc32)C(=O)NS1(=O)=O.CC[C@@H]1CCCC[C@](COC)(OC)[C@@H]2CC[C@H]2CN2C[C@@]3(CCCc4cc(Cl)ccc43)COc3ccc(cc32)C(=O)NS1(=O)=O. The first-order valence-corrected chi connectivity index (χ1v) is 36.9. The van der Waals surface area contributed by atoms with Crippen LogP contribution in [-0.4, -0.2) is 131 Å². The molecule has 10 atom stereocenters. The molecule has 4 aliphatic heterocycles. The van der Waals surface area contributed by atoms with Gasteiger partial charge in [-0.1, -0.05) is 74.9 Å². The van der Waals surface area contributed by atoms with Crippen LogP contribution in [-0.2, 0) is 62.7 Å². The van der Waals surface area contributed by atoms with Gasteiger partial charge in [0.15, 0.2) is 0 Å². The van der Waals surface area contributed by atoms with Crippen molar-refractivity contribution in [3.8, 4) is 11.5 Å². The Morgan fingerprint density at radius 2 is 0.956 bits per heavy atom. The van der Waals surface area contributed by atoms with Crippen molar-refractivity contribution in [2.75, 3.05) is 90.8 Å². The molecule has 0 saturated heterocycles. The quantitative estimate of drug-likeness (QED) is 0.170. The minimum atomic E-state index is -3.86. The minimum absolute atomic E-state index is 0.248. The summed E-state index contributed by atoms with van der Waals surface area (Å²) in [5.74, 6) is 1.56. The molecule has 0 unspecified atom stereocenters. The number of hydrogen-bond donors (Lipinski definition) is 2. The predicted octanol–water partition coefficient (Wildman–Crippen LogP) is 12.6. The fourth-order valence-electron chi connectivity index (χ4n) is 17.2. The average molecular weight is 1320 g/mol. The maximum atomic E-state index is 13.5. The lowest BCUT2D eigenvalue weighted by Gasteiger charge is -2.51. The molecular weight excluding hydrogens is 1220 g/mol. The molecule has 2 amide bonds. The maximum absolute atomic E-state index is 13.5. The number of nitrogens with zero attached hydrogens (tertiary/aromatic N) is 2. The number of ether oxygens (including phenoxy) is 6. The average Bonchev–Trinajstić information content (AvgIpc) is 1.38. The predicted molar refractivity (Wildman–Crippen MR) is 354 cm³/mol. The van der Waals surface area contributed by atoms with E-state index in [0.717, 1.165) is 150 Å². The molecule has 4 aromatic rings. The lowest BCUT2D eigenvalue weighted by atomic mass is 9.63. The highest BCUT2D eigenvalue weighted by Gasteiger charge is 2.52. The van der Waals surface area contributed by atoms with Gasteiger partial charge in [-0.15, -0.1) is 0 Å².